The zero-order valence-electron chi connectivity index (χ0n) is 9.73. The Balaban J connectivity index is 2.03. The summed E-state index contributed by atoms with van der Waals surface area (Å²) in [5.74, 6) is 0.154. The average Bonchev–Trinajstić information content (AvgIpc) is 2.79. The van der Waals surface area contributed by atoms with Crippen molar-refractivity contribution < 1.29 is 19.7 Å². The molecular weight excluding hydrogens is 208 g/mol. The SMILES string of the molecule is O=C(CCCC(O)C1CCCC1)OCCO. The van der Waals surface area contributed by atoms with Gasteiger partial charge >= 0.3 is 5.97 Å². The van der Waals surface area contributed by atoms with Crippen LogP contribution in [0.3, 0.4) is 0 Å². The van der Waals surface area contributed by atoms with Gasteiger partial charge in [0.25, 0.3) is 0 Å². The summed E-state index contributed by atoms with van der Waals surface area (Å²) in [6.07, 6.45) is 6.12. The molecule has 0 aromatic rings. The van der Waals surface area contributed by atoms with Gasteiger partial charge < -0.3 is 14.9 Å². The third-order valence-corrected chi connectivity index (χ3v) is 3.18. The third-order valence-electron chi connectivity index (χ3n) is 3.18. The predicted octanol–water partition coefficient (Wildman–Crippen LogP) is 1.24. The fraction of sp³-hybridized carbons (Fsp3) is 0.917. The van der Waals surface area contributed by atoms with Crippen LogP contribution in [0.5, 0.6) is 0 Å². The summed E-state index contributed by atoms with van der Waals surface area (Å²) in [4.78, 5) is 11.1. The molecule has 2 N–H and O–H groups in total. The summed E-state index contributed by atoms with van der Waals surface area (Å²) in [7, 11) is 0. The Hall–Kier alpha value is -0.610. The molecule has 0 heterocycles. The molecule has 0 spiro atoms. The summed E-state index contributed by atoms with van der Waals surface area (Å²) >= 11 is 0. The molecule has 1 aliphatic rings. The molecule has 0 aromatic heterocycles. The fourth-order valence-electron chi connectivity index (χ4n) is 2.27. The van der Waals surface area contributed by atoms with Crippen LogP contribution >= 0.6 is 0 Å². The Morgan fingerprint density at radius 3 is 2.69 bits per heavy atom. The zero-order chi connectivity index (χ0) is 11.8. The molecule has 1 atom stereocenters. The smallest absolute Gasteiger partial charge is 0.305 e. The number of rotatable bonds is 7. The highest BCUT2D eigenvalue weighted by molar-refractivity contribution is 5.69. The Bertz CT molecular complexity index is 199. The van der Waals surface area contributed by atoms with Gasteiger partial charge in [-0.2, -0.15) is 0 Å². The lowest BCUT2D eigenvalue weighted by atomic mass is 9.96. The number of hydrogen-bond donors (Lipinski definition) is 2. The highest BCUT2D eigenvalue weighted by atomic mass is 16.5. The van der Waals surface area contributed by atoms with Crippen molar-refractivity contribution in [1.82, 2.24) is 0 Å². The molecule has 0 saturated heterocycles. The van der Waals surface area contributed by atoms with Crippen LogP contribution in [-0.2, 0) is 9.53 Å². The van der Waals surface area contributed by atoms with E-state index in [1.54, 1.807) is 0 Å². The van der Waals surface area contributed by atoms with E-state index in [2.05, 4.69) is 0 Å². The van der Waals surface area contributed by atoms with E-state index in [0.29, 0.717) is 25.2 Å². The number of aliphatic hydroxyl groups is 2. The second-order valence-corrected chi connectivity index (χ2v) is 4.45. The standard InChI is InChI=1S/C12H22O4/c13-8-9-16-12(15)7-3-6-11(14)10-4-1-2-5-10/h10-11,13-14H,1-9H2. The third kappa shape index (κ3) is 4.94. The lowest BCUT2D eigenvalue weighted by Gasteiger charge is -2.16. The molecule has 16 heavy (non-hydrogen) atoms. The van der Waals surface area contributed by atoms with E-state index in [-0.39, 0.29) is 25.3 Å². The molecule has 4 heteroatoms. The lowest BCUT2D eigenvalue weighted by molar-refractivity contribution is -0.144. The minimum atomic E-state index is -0.285. The highest BCUT2D eigenvalue weighted by Crippen LogP contribution is 2.29. The maximum atomic E-state index is 11.1. The van der Waals surface area contributed by atoms with Crippen molar-refractivity contribution in [2.45, 2.75) is 51.0 Å². The van der Waals surface area contributed by atoms with Gasteiger partial charge in [0.05, 0.1) is 12.7 Å². The van der Waals surface area contributed by atoms with Crippen LogP contribution in [-0.4, -0.2) is 35.5 Å². The van der Waals surface area contributed by atoms with Crippen LogP contribution in [0, 0.1) is 5.92 Å². The maximum absolute atomic E-state index is 11.1. The quantitative estimate of drug-likeness (QED) is 0.646. The molecular formula is C12H22O4. The number of carbonyl (C=O) groups is 1. The molecule has 1 aliphatic carbocycles. The molecule has 1 saturated carbocycles. The molecule has 1 fully saturated rings. The molecule has 4 nitrogen and oxygen atoms in total. The van der Waals surface area contributed by atoms with Crippen molar-refractivity contribution in [3.8, 4) is 0 Å². The Morgan fingerprint density at radius 1 is 1.38 bits per heavy atom. The first kappa shape index (κ1) is 13.5. The van der Waals surface area contributed by atoms with Gasteiger partial charge in [-0.05, 0) is 31.6 Å². The van der Waals surface area contributed by atoms with E-state index in [4.69, 9.17) is 9.84 Å². The van der Waals surface area contributed by atoms with Crippen LogP contribution in [0.15, 0.2) is 0 Å². The minimum absolute atomic E-state index is 0.0734. The topological polar surface area (TPSA) is 66.8 Å². The van der Waals surface area contributed by atoms with Gasteiger partial charge in [-0.1, -0.05) is 12.8 Å². The fourth-order valence-corrected chi connectivity index (χ4v) is 2.27. The minimum Gasteiger partial charge on any atom is -0.463 e. The van der Waals surface area contributed by atoms with Crippen molar-refractivity contribution in [3.05, 3.63) is 0 Å². The molecule has 0 aliphatic heterocycles. The Morgan fingerprint density at radius 2 is 2.06 bits per heavy atom. The van der Waals surface area contributed by atoms with Crippen LogP contribution in [0.4, 0.5) is 0 Å². The van der Waals surface area contributed by atoms with Crippen molar-refractivity contribution in [2.75, 3.05) is 13.2 Å². The molecule has 0 amide bonds. The van der Waals surface area contributed by atoms with Gasteiger partial charge in [0, 0.05) is 6.42 Å². The molecule has 1 unspecified atom stereocenters. The van der Waals surface area contributed by atoms with E-state index in [9.17, 15) is 9.90 Å². The summed E-state index contributed by atoms with van der Waals surface area (Å²) in [6.45, 7) is -0.0551. The van der Waals surface area contributed by atoms with Crippen LogP contribution < -0.4 is 0 Å². The number of carbonyl (C=O) groups excluding carboxylic acids is 1. The normalized spacial score (nSPS) is 18.6. The Kier molecular flexibility index (Phi) is 6.42. The highest BCUT2D eigenvalue weighted by Gasteiger charge is 2.22. The molecule has 94 valence electrons. The van der Waals surface area contributed by atoms with Gasteiger partial charge in [0.15, 0.2) is 0 Å². The van der Waals surface area contributed by atoms with E-state index in [1.165, 1.54) is 12.8 Å². The summed E-state index contributed by atoms with van der Waals surface area (Å²) < 4.78 is 4.73. The second-order valence-electron chi connectivity index (χ2n) is 4.45. The first-order valence-corrected chi connectivity index (χ1v) is 6.18. The lowest BCUT2D eigenvalue weighted by Crippen LogP contribution is -2.18. The van der Waals surface area contributed by atoms with Gasteiger partial charge in [-0.3, -0.25) is 4.79 Å². The van der Waals surface area contributed by atoms with E-state index < -0.39 is 0 Å². The molecule has 1 rings (SSSR count). The number of esters is 1. The van der Waals surface area contributed by atoms with Crippen LogP contribution in [0.1, 0.15) is 44.9 Å². The van der Waals surface area contributed by atoms with Gasteiger partial charge in [0.1, 0.15) is 6.61 Å². The Labute approximate surface area is 96.6 Å². The summed E-state index contributed by atoms with van der Waals surface area (Å²) in [6, 6.07) is 0. The maximum Gasteiger partial charge on any atom is 0.305 e. The van der Waals surface area contributed by atoms with Gasteiger partial charge in [-0.15, -0.1) is 0 Å². The predicted molar refractivity (Wildman–Crippen MR) is 59.9 cm³/mol. The first-order valence-electron chi connectivity index (χ1n) is 6.18. The summed E-state index contributed by atoms with van der Waals surface area (Å²) in [5, 5.41) is 18.3. The molecule has 0 bridgehead atoms. The van der Waals surface area contributed by atoms with Crippen molar-refractivity contribution in [3.63, 3.8) is 0 Å². The van der Waals surface area contributed by atoms with Gasteiger partial charge in [-0.25, -0.2) is 0 Å². The first-order chi connectivity index (χ1) is 7.74. The monoisotopic (exact) mass is 230 g/mol. The number of hydrogen-bond acceptors (Lipinski definition) is 4. The van der Waals surface area contributed by atoms with E-state index in [0.717, 1.165) is 12.8 Å². The second kappa shape index (κ2) is 7.63. The molecule has 0 radical (unpaired) electrons. The van der Waals surface area contributed by atoms with Crippen molar-refractivity contribution in [1.29, 1.82) is 0 Å². The zero-order valence-corrected chi connectivity index (χ0v) is 9.73. The van der Waals surface area contributed by atoms with Crippen LogP contribution in [0.25, 0.3) is 0 Å². The number of aliphatic hydroxyl groups excluding tert-OH is 2. The largest absolute Gasteiger partial charge is 0.463 e. The summed E-state index contributed by atoms with van der Waals surface area (Å²) in [5.41, 5.74) is 0. The van der Waals surface area contributed by atoms with Crippen molar-refractivity contribution in [2.24, 2.45) is 5.92 Å². The van der Waals surface area contributed by atoms with E-state index in [1.807, 2.05) is 0 Å². The van der Waals surface area contributed by atoms with Crippen molar-refractivity contribution >= 4 is 5.97 Å². The van der Waals surface area contributed by atoms with E-state index >= 15 is 0 Å². The average molecular weight is 230 g/mol. The van der Waals surface area contributed by atoms with Gasteiger partial charge in [0.2, 0.25) is 0 Å². The van der Waals surface area contributed by atoms with Crippen LogP contribution in [0.2, 0.25) is 0 Å². The molecule has 0 aromatic carbocycles. The number of ether oxygens (including phenoxy) is 1.